The topological polar surface area (TPSA) is 85.5 Å². The Morgan fingerprint density at radius 1 is 1.18 bits per heavy atom. The Morgan fingerprint density at radius 3 is 2.79 bits per heavy atom. The SMILES string of the molecule is NC(=O)c1ccccc1OCC(=O)N1CCC[C@@H](c2nc3ccccc3s2)C1. The van der Waals surface area contributed by atoms with Crippen LogP contribution in [-0.2, 0) is 4.79 Å². The van der Waals surface area contributed by atoms with Gasteiger partial charge in [0.1, 0.15) is 5.75 Å². The maximum Gasteiger partial charge on any atom is 0.260 e. The Morgan fingerprint density at radius 2 is 1.96 bits per heavy atom. The molecule has 1 fully saturated rings. The number of nitrogens with zero attached hydrogens (tertiary/aromatic N) is 2. The highest BCUT2D eigenvalue weighted by Gasteiger charge is 2.27. The summed E-state index contributed by atoms with van der Waals surface area (Å²) in [4.78, 5) is 30.7. The lowest BCUT2D eigenvalue weighted by molar-refractivity contribution is -0.134. The smallest absolute Gasteiger partial charge is 0.260 e. The van der Waals surface area contributed by atoms with Crippen LogP contribution in [0.25, 0.3) is 10.2 Å². The maximum atomic E-state index is 12.7. The van der Waals surface area contributed by atoms with Crippen molar-refractivity contribution in [2.45, 2.75) is 18.8 Å². The first-order chi connectivity index (χ1) is 13.6. The van der Waals surface area contributed by atoms with Crippen molar-refractivity contribution in [1.82, 2.24) is 9.88 Å². The molecular weight excluding hydrogens is 374 g/mol. The van der Waals surface area contributed by atoms with E-state index < -0.39 is 5.91 Å². The molecule has 0 bridgehead atoms. The Bertz CT molecular complexity index is 984. The number of likely N-dealkylation sites (tertiary alicyclic amines) is 1. The van der Waals surface area contributed by atoms with Gasteiger partial charge in [0.25, 0.3) is 11.8 Å². The zero-order valence-electron chi connectivity index (χ0n) is 15.3. The minimum Gasteiger partial charge on any atom is -0.483 e. The Labute approximate surface area is 166 Å². The molecule has 0 aliphatic carbocycles. The highest BCUT2D eigenvalue weighted by atomic mass is 32.1. The summed E-state index contributed by atoms with van der Waals surface area (Å²) < 4.78 is 6.77. The van der Waals surface area contributed by atoms with Crippen LogP contribution >= 0.6 is 11.3 Å². The van der Waals surface area contributed by atoms with E-state index in [-0.39, 0.29) is 24.0 Å². The molecule has 2 heterocycles. The van der Waals surface area contributed by atoms with Crippen molar-refractivity contribution in [3.05, 3.63) is 59.1 Å². The first kappa shape index (κ1) is 18.4. The molecule has 0 saturated carbocycles. The van der Waals surface area contributed by atoms with Crippen LogP contribution in [0.5, 0.6) is 5.75 Å². The van der Waals surface area contributed by atoms with Crippen molar-refractivity contribution < 1.29 is 14.3 Å². The molecule has 1 saturated heterocycles. The van der Waals surface area contributed by atoms with E-state index in [0.717, 1.165) is 23.4 Å². The molecule has 144 valence electrons. The van der Waals surface area contributed by atoms with Crippen LogP contribution in [0.3, 0.4) is 0 Å². The van der Waals surface area contributed by atoms with Crippen LogP contribution in [0.15, 0.2) is 48.5 Å². The van der Waals surface area contributed by atoms with Gasteiger partial charge in [0.05, 0.1) is 20.8 Å². The van der Waals surface area contributed by atoms with Crippen molar-refractivity contribution in [3.63, 3.8) is 0 Å². The number of carbonyl (C=O) groups is 2. The molecule has 1 aliphatic rings. The summed E-state index contributed by atoms with van der Waals surface area (Å²) in [7, 11) is 0. The summed E-state index contributed by atoms with van der Waals surface area (Å²) in [5, 5.41) is 1.08. The molecule has 0 unspecified atom stereocenters. The lowest BCUT2D eigenvalue weighted by Crippen LogP contribution is -2.41. The third kappa shape index (κ3) is 3.84. The molecule has 2 N–H and O–H groups in total. The molecule has 6 nitrogen and oxygen atoms in total. The van der Waals surface area contributed by atoms with E-state index in [4.69, 9.17) is 15.5 Å². The van der Waals surface area contributed by atoms with Crippen LogP contribution < -0.4 is 10.5 Å². The fourth-order valence-electron chi connectivity index (χ4n) is 3.50. The van der Waals surface area contributed by atoms with Gasteiger partial charge in [-0.25, -0.2) is 4.98 Å². The first-order valence-corrected chi connectivity index (χ1v) is 10.1. The Kier molecular flexibility index (Phi) is 5.25. The fourth-order valence-corrected chi connectivity index (χ4v) is 4.59. The number of hydrogen-bond acceptors (Lipinski definition) is 5. The van der Waals surface area contributed by atoms with Gasteiger partial charge in [0.2, 0.25) is 0 Å². The average Bonchev–Trinajstić information content (AvgIpc) is 3.16. The van der Waals surface area contributed by atoms with E-state index >= 15 is 0 Å². The molecule has 28 heavy (non-hydrogen) atoms. The van der Waals surface area contributed by atoms with Crippen LogP contribution in [0.4, 0.5) is 0 Å². The Balaban J connectivity index is 1.41. The van der Waals surface area contributed by atoms with Crippen molar-refractivity contribution in [3.8, 4) is 5.75 Å². The Hall–Kier alpha value is -2.93. The van der Waals surface area contributed by atoms with E-state index in [0.29, 0.717) is 18.8 Å². The number of carbonyl (C=O) groups excluding carboxylic acids is 2. The monoisotopic (exact) mass is 395 g/mol. The molecule has 4 rings (SSSR count). The number of aromatic nitrogens is 1. The molecule has 1 aliphatic heterocycles. The number of nitrogens with two attached hydrogens (primary N) is 1. The summed E-state index contributed by atoms with van der Waals surface area (Å²) >= 11 is 1.70. The number of primary amides is 1. The third-order valence-electron chi connectivity index (χ3n) is 4.94. The second kappa shape index (κ2) is 7.98. The number of amides is 2. The first-order valence-electron chi connectivity index (χ1n) is 9.26. The van der Waals surface area contributed by atoms with Crippen molar-refractivity contribution in [2.24, 2.45) is 5.73 Å². The number of hydrogen-bond donors (Lipinski definition) is 1. The molecular formula is C21H21N3O3S. The van der Waals surface area contributed by atoms with Gasteiger partial charge in [0.15, 0.2) is 6.61 Å². The molecule has 7 heteroatoms. The molecule has 0 radical (unpaired) electrons. The van der Waals surface area contributed by atoms with Gasteiger partial charge < -0.3 is 15.4 Å². The number of fused-ring (bicyclic) bond motifs is 1. The zero-order valence-corrected chi connectivity index (χ0v) is 16.2. The van der Waals surface area contributed by atoms with E-state index in [1.165, 1.54) is 4.70 Å². The summed E-state index contributed by atoms with van der Waals surface area (Å²) in [6.07, 6.45) is 1.96. The van der Waals surface area contributed by atoms with Gasteiger partial charge >= 0.3 is 0 Å². The number of thiazole rings is 1. The minimum atomic E-state index is -0.572. The molecule has 2 amide bonds. The third-order valence-corrected chi connectivity index (χ3v) is 6.14. The molecule has 0 spiro atoms. The summed E-state index contributed by atoms with van der Waals surface area (Å²) in [5.74, 6) is -0.0851. The van der Waals surface area contributed by atoms with E-state index in [1.54, 1.807) is 35.6 Å². The highest BCUT2D eigenvalue weighted by molar-refractivity contribution is 7.18. The number of benzene rings is 2. The maximum absolute atomic E-state index is 12.7. The van der Waals surface area contributed by atoms with Gasteiger partial charge in [-0.1, -0.05) is 24.3 Å². The van der Waals surface area contributed by atoms with Crippen molar-refractivity contribution >= 4 is 33.4 Å². The van der Waals surface area contributed by atoms with E-state index in [1.807, 2.05) is 23.1 Å². The van der Waals surface area contributed by atoms with Crippen molar-refractivity contribution in [1.29, 1.82) is 0 Å². The zero-order chi connectivity index (χ0) is 19.5. The van der Waals surface area contributed by atoms with Crippen LogP contribution in [0.1, 0.15) is 34.1 Å². The summed E-state index contributed by atoms with van der Waals surface area (Å²) in [6, 6.07) is 14.8. The van der Waals surface area contributed by atoms with Gasteiger partial charge in [-0.3, -0.25) is 9.59 Å². The molecule has 1 atom stereocenters. The van der Waals surface area contributed by atoms with E-state index in [2.05, 4.69) is 6.07 Å². The molecule has 2 aromatic carbocycles. The molecule has 3 aromatic rings. The fraction of sp³-hybridized carbons (Fsp3) is 0.286. The normalized spacial score (nSPS) is 16.9. The van der Waals surface area contributed by atoms with Crippen LogP contribution in [0, 0.1) is 0 Å². The number of piperidine rings is 1. The van der Waals surface area contributed by atoms with Gasteiger partial charge in [-0.05, 0) is 37.1 Å². The summed E-state index contributed by atoms with van der Waals surface area (Å²) in [6.45, 7) is 1.23. The standard InChI is InChI=1S/C21H21N3O3S/c22-20(26)15-7-1-3-9-17(15)27-13-19(25)24-11-5-6-14(12-24)21-23-16-8-2-4-10-18(16)28-21/h1-4,7-10,14H,5-6,11-13H2,(H2,22,26)/t14-/m1/s1. The second-order valence-corrected chi connectivity index (χ2v) is 7.91. The second-order valence-electron chi connectivity index (χ2n) is 6.85. The van der Waals surface area contributed by atoms with Crippen LogP contribution in [-0.4, -0.2) is 41.4 Å². The average molecular weight is 395 g/mol. The number of para-hydroxylation sites is 2. The quantitative estimate of drug-likeness (QED) is 0.719. The summed E-state index contributed by atoms with van der Waals surface area (Å²) in [5.41, 5.74) is 6.65. The number of rotatable bonds is 5. The largest absolute Gasteiger partial charge is 0.483 e. The minimum absolute atomic E-state index is 0.0925. The van der Waals surface area contributed by atoms with Crippen LogP contribution in [0.2, 0.25) is 0 Å². The van der Waals surface area contributed by atoms with E-state index in [9.17, 15) is 9.59 Å². The molecule has 1 aromatic heterocycles. The van der Waals surface area contributed by atoms with Gasteiger partial charge in [-0.15, -0.1) is 11.3 Å². The lowest BCUT2D eigenvalue weighted by atomic mass is 9.99. The van der Waals surface area contributed by atoms with Crippen molar-refractivity contribution in [2.75, 3.05) is 19.7 Å². The predicted molar refractivity (Wildman–Crippen MR) is 109 cm³/mol. The lowest BCUT2D eigenvalue weighted by Gasteiger charge is -2.31. The predicted octanol–water partition coefficient (Wildman–Crippen LogP) is 3.18. The highest BCUT2D eigenvalue weighted by Crippen LogP contribution is 2.33. The number of ether oxygens (including phenoxy) is 1. The van der Waals surface area contributed by atoms with Gasteiger partial charge in [-0.2, -0.15) is 0 Å². The van der Waals surface area contributed by atoms with Gasteiger partial charge in [0, 0.05) is 19.0 Å².